The number of rotatable bonds is 5. The predicted octanol–water partition coefficient (Wildman–Crippen LogP) is 2.38. The van der Waals surface area contributed by atoms with Crippen molar-refractivity contribution in [1.82, 2.24) is 15.1 Å². The van der Waals surface area contributed by atoms with E-state index in [0.29, 0.717) is 17.5 Å². The minimum atomic E-state index is -0.240. The summed E-state index contributed by atoms with van der Waals surface area (Å²) < 4.78 is 0. The number of nitrogens with zero attached hydrogens (tertiary/aromatic N) is 3. The molecule has 24 heavy (non-hydrogen) atoms. The summed E-state index contributed by atoms with van der Waals surface area (Å²) in [7, 11) is 0. The van der Waals surface area contributed by atoms with E-state index in [4.69, 9.17) is 0 Å². The topological polar surface area (TPSA) is 78.4 Å². The van der Waals surface area contributed by atoms with Crippen LogP contribution in [0.5, 0.6) is 0 Å². The van der Waals surface area contributed by atoms with E-state index in [-0.39, 0.29) is 18.6 Å². The van der Waals surface area contributed by atoms with Gasteiger partial charge < -0.3 is 10.4 Å². The zero-order valence-corrected chi connectivity index (χ0v) is 14.5. The van der Waals surface area contributed by atoms with Crippen molar-refractivity contribution in [3.05, 3.63) is 40.3 Å². The monoisotopic (exact) mass is 346 g/mol. The van der Waals surface area contributed by atoms with Crippen LogP contribution >= 0.6 is 11.3 Å². The highest BCUT2D eigenvalue weighted by Crippen LogP contribution is 2.25. The molecule has 1 aliphatic rings. The number of aliphatic hydroxyl groups is 1. The fraction of sp³-hybridized carbons (Fsp3) is 0.471. The number of aromatic nitrogens is 2. The Labute approximate surface area is 145 Å². The van der Waals surface area contributed by atoms with E-state index >= 15 is 0 Å². The minimum absolute atomic E-state index is 0.154. The number of hydrogen-bond donors (Lipinski definition) is 2. The number of carbonyl (C=O) groups excluding carboxylic acids is 1. The first kappa shape index (κ1) is 17.0. The van der Waals surface area contributed by atoms with Gasteiger partial charge in [0.2, 0.25) is 5.01 Å². The first-order valence-corrected chi connectivity index (χ1v) is 9.02. The van der Waals surface area contributed by atoms with Crippen molar-refractivity contribution in [3.63, 3.8) is 0 Å². The molecule has 2 N–H and O–H groups in total. The molecule has 2 atom stereocenters. The minimum Gasteiger partial charge on any atom is -0.395 e. The van der Waals surface area contributed by atoms with E-state index in [1.54, 1.807) is 0 Å². The van der Waals surface area contributed by atoms with Crippen LogP contribution < -0.4 is 5.32 Å². The molecule has 3 rings (SSSR count). The molecule has 1 aliphatic heterocycles. The van der Waals surface area contributed by atoms with Gasteiger partial charge in [0.05, 0.1) is 13.2 Å². The molecular weight excluding hydrogens is 324 g/mol. The molecule has 0 unspecified atom stereocenters. The van der Waals surface area contributed by atoms with Crippen LogP contribution in [0.1, 0.15) is 34.6 Å². The second-order valence-electron chi connectivity index (χ2n) is 6.16. The summed E-state index contributed by atoms with van der Waals surface area (Å²) in [6.07, 6.45) is 2.26. The number of carbonyl (C=O) groups is 1. The molecule has 0 saturated carbocycles. The van der Waals surface area contributed by atoms with E-state index in [1.165, 1.54) is 11.3 Å². The lowest BCUT2D eigenvalue weighted by atomic mass is 9.91. The van der Waals surface area contributed by atoms with Gasteiger partial charge in [0, 0.05) is 11.7 Å². The van der Waals surface area contributed by atoms with Gasteiger partial charge in [-0.25, -0.2) is 0 Å². The largest absolute Gasteiger partial charge is 0.395 e. The Hall–Kier alpha value is -1.83. The van der Waals surface area contributed by atoms with Crippen LogP contribution in [-0.2, 0) is 6.54 Å². The van der Waals surface area contributed by atoms with Gasteiger partial charge in [0.15, 0.2) is 0 Å². The van der Waals surface area contributed by atoms with Gasteiger partial charge in [-0.1, -0.05) is 36.5 Å². The average Bonchev–Trinajstić information content (AvgIpc) is 3.05. The predicted molar refractivity (Wildman–Crippen MR) is 94.0 cm³/mol. The second-order valence-corrected chi connectivity index (χ2v) is 7.22. The lowest BCUT2D eigenvalue weighted by Crippen LogP contribution is -2.45. The van der Waals surface area contributed by atoms with E-state index in [1.807, 2.05) is 30.3 Å². The third-order valence-electron chi connectivity index (χ3n) is 4.45. The zero-order chi connectivity index (χ0) is 16.9. The van der Waals surface area contributed by atoms with Crippen molar-refractivity contribution in [2.75, 3.05) is 18.5 Å². The van der Waals surface area contributed by atoms with Gasteiger partial charge in [0.1, 0.15) is 5.01 Å². The maximum Gasteiger partial charge on any atom is 0.286 e. The summed E-state index contributed by atoms with van der Waals surface area (Å²) >= 11 is 1.31. The van der Waals surface area contributed by atoms with Gasteiger partial charge >= 0.3 is 0 Å². The van der Waals surface area contributed by atoms with Crippen molar-refractivity contribution < 1.29 is 9.90 Å². The molecule has 7 heteroatoms. The molecule has 0 aliphatic carbocycles. The summed E-state index contributed by atoms with van der Waals surface area (Å²) in [6.45, 7) is 3.90. The van der Waals surface area contributed by atoms with Crippen molar-refractivity contribution >= 4 is 22.9 Å². The van der Waals surface area contributed by atoms with Gasteiger partial charge in [0.25, 0.3) is 5.91 Å². The highest BCUT2D eigenvalue weighted by Gasteiger charge is 2.28. The smallest absolute Gasteiger partial charge is 0.286 e. The third-order valence-corrected chi connectivity index (χ3v) is 5.36. The van der Waals surface area contributed by atoms with Crippen molar-refractivity contribution in [1.29, 1.82) is 0 Å². The second kappa shape index (κ2) is 7.83. The molecule has 1 aromatic carbocycles. The van der Waals surface area contributed by atoms with E-state index in [9.17, 15) is 9.90 Å². The molecule has 0 bridgehead atoms. The zero-order valence-electron chi connectivity index (χ0n) is 13.7. The lowest BCUT2D eigenvalue weighted by Gasteiger charge is -2.38. The molecular formula is C17H22N4O2S. The van der Waals surface area contributed by atoms with E-state index in [2.05, 4.69) is 27.3 Å². The maximum atomic E-state index is 12.2. The summed E-state index contributed by atoms with van der Waals surface area (Å²) in [6, 6.07) is 9.46. The van der Waals surface area contributed by atoms with Crippen LogP contribution in [0.3, 0.4) is 0 Å². The fourth-order valence-corrected chi connectivity index (χ4v) is 3.88. The van der Waals surface area contributed by atoms with Gasteiger partial charge in [-0.2, -0.15) is 0 Å². The normalized spacial score (nSPS) is 21.6. The number of amides is 1. The molecule has 1 saturated heterocycles. The van der Waals surface area contributed by atoms with E-state index in [0.717, 1.165) is 30.1 Å². The molecule has 1 fully saturated rings. The van der Waals surface area contributed by atoms with Crippen LogP contribution in [-0.4, -0.2) is 45.3 Å². The maximum absolute atomic E-state index is 12.2. The van der Waals surface area contributed by atoms with Crippen LogP contribution in [0.25, 0.3) is 0 Å². The number of likely N-dealkylation sites (tertiary alicyclic amines) is 1. The van der Waals surface area contributed by atoms with Gasteiger partial charge in [-0.15, -0.1) is 10.2 Å². The Balaban J connectivity index is 1.63. The lowest BCUT2D eigenvalue weighted by molar-refractivity contribution is 0.0471. The first-order valence-electron chi connectivity index (χ1n) is 8.21. The SMILES string of the molecule is C[C@@H]1CCCN(Cc2nnc(C(=O)Nc3ccccc3)s2)[C@@H]1CO. The van der Waals surface area contributed by atoms with Crippen molar-refractivity contribution in [3.8, 4) is 0 Å². The average molecular weight is 346 g/mol. The first-order chi connectivity index (χ1) is 11.7. The summed E-state index contributed by atoms with van der Waals surface area (Å²) in [5.41, 5.74) is 0.740. The molecule has 2 heterocycles. The number of hydrogen-bond acceptors (Lipinski definition) is 6. The summed E-state index contributed by atoms with van der Waals surface area (Å²) in [4.78, 5) is 14.5. The van der Waals surface area contributed by atoms with E-state index < -0.39 is 0 Å². The number of benzene rings is 1. The van der Waals surface area contributed by atoms with Gasteiger partial charge in [-0.05, 0) is 37.4 Å². The van der Waals surface area contributed by atoms with Crippen molar-refractivity contribution in [2.24, 2.45) is 5.92 Å². The number of anilines is 1. The molecule has 1 amide bonds. The molecule has 6 nitrogen and oxygen atoms in total. The molecule has 1 aromatic heterocycles. The highest BCUT2D eigenvalue weighted by molar-refractivity contribution is 7.13. The summed E-state index contributed by atoms with van der Waals surface area (Å²) in [5, 5.41) is 21.8. The summed E-state index contributed by atoms with van der Waals surface area (Å²) in [5.74, 6) is 0.230. The quantitative estimate of drug-likeness (QED) is 0.869. The fourth-order valence-electron chi connectivity index (χ4n) is 3.12. The Kier molecular flexibility index (Phi) is 5.55. The Morgan fingerprint density at radius 2 is 2.17 bits per heavy atom. The molecule has 2 aromatic rings. The van der Waals surface area contributed by atoms with Crippen LogP contribution in [0.15, 0.2) is 30.3 Å². The number of nitrogens with one attached hydrogen (secondary N) is 1. The third kappa shape index (κ3) is 3.98. The number of piperidine rings is 1. The highest BCUT2D eigenvalue weighted by atomic mass is 32.1. The van der Waals surface area contributed by atoms with Crippen molar-refractivity contribution in [2.45, 2.75) is 32.4 Å². The molecule has 128 valence electrons. The molecule has 0 spiro atoms. The Morgan fingerprint density at radius 3 is 2.92 bits per heavy atom. The van der Waals surface area contributed by atoms with Gasteiger partial charge in [-0.3, -0.25) is 9.69 Å². The number of para-hydroxylation sites is 1. The van der Waals surface area contributed by atoms with Crippen LogP contribution in [0.2, 0.25) is 0 Å². The molecule has 0 radical (unpaired) electrons. The standard InChI is InChI=1S/C17H22N4O2S/c1-12-6-5-9-21(14(12)11-22)10-15-19-20-17(24-15)16(23)18-13-7-3-2-4-8-13/h2-4,7-8,12,14,22H,5-6,9-11H2,1H3,(H,18,23)/t12-,14-/m1/s1. The Bertz CT molecular complexity index is 676. The van der Waals surface area contributed by atoms with Crippen LogP contribution in [0.4, 0.5) is 5.69 Å². The Morgan fingerprint density at radius 1 is 1.38 bits per heavy atom. The van der Waals surface area contributed by atoms with Crippen LogP contribution in [0, 0.1) is 5.92 Å². The number of aliphatic hydroxyl groups excluding tert-OH is 1.